The van der Waals surface area contributed by atoms with Gasteiger partial charge >= 0.3 is 5.97 Å². The van der Waals surface area contributed by atoms with E-state index in [1.54, 1.807) is 0 Å². The van der Waals surface area contributed by atoms with Crippen LogP contribution in [0.2, 0.25) is 0 Å². The van der Waals surface area contributed by atoms with Crippen LogP contribution in [0.3, 0.4) is 0 Å². The Bertz CT molecular complexity index is 522. The van der Waals surface area contributed by atoms with Gasteiger partial charge in [0.05, 0.1) is 0 Å². The van der Waals surface area contributed by atoms with Gasteiger partial charge < -0.3 is 10.0 Å². The fraction of sp³-hybridized carbons (Fsp3) is 0.471. The molecule has 1 aromatic carbocycles. The zero-order valence-electron chi connectivity index (χ0n) is 12.4. The predicted molar refractivity (Wildman–Crippen MR) is 83.0 cm³/mol. The summed E-state index contributed by atoms with van der Waals surface area (Å²) in [4.78, 5) is 12.8. The summed E-state index contributed by atoms with van der Waals surface area (Å²) in [5.74, 6) is -1.35. The highest BCUT2D eigenvalue weighted by Gasteiger charge is 2.20. The van der Waals surface area contributed by atoms with Crippen molar-refractivity contribution in [2.24, 2.45) is 0 Å². The second-order valence-corrected chi connectivity index (χ2v) is 5.49. The molecule has 21 heavy (non-hydrogen) atoms. The van der Waals surface area contributed by atoms with E-state index >= 15 is 0 Å². The van der Waals surface area contributed by atoms with E-state index in [1.165, 1.54) is 37.5 Å². The van der Waals surface area contributed by atoms with Crippen LogP contribution in [0.4, 0.5) is 10.1 Å². The molecule has 1 aromatic rings. The van der Waals surface area contributed by atoms with Crippen LogP contribution in [0.25, 0.3) is 6.08 Å². The maximum atomic E-state index is 13.8. The van der Waals surface area contributed by atoms with Gasteiger partial charge in [0, 0.05) is 24.4 Å². The first-order valence-corrected chi connectivity index (χ1v) is 7.58. The number of nitrogens with zero attached hydrogens (tertiary/aromatic N) is 1. The average Bonchev–Trinajstić information content (AvgIpc) is 2.46. The Kier molecular flexibility index (Phi) is 5.37. The number of rotatable bonds is 5. The summed E-state index contributed by atoms with van der Waals surface area (Å²) in [6.45, 7) is 2.91. The van der Waals surface area contributed by atoms with E-state index in [1.807, 2.05) is 6.07 Å². The van der Waals surface area contributed by atoms with Gasteiger partial charge in [0.25, 0.3) is 0 Å². The zero-order chi connectivity index (χ0) is 15.2. The first-order chi connectivity index (χ1) is 10.1. The molecule has 1 saturated carbocycles. The van der Waals surface area contributed by atoms with Crippen molar-refractivity contribution in [3.05, 3.63) is 35.7 Å². The number of carbonyl (C=O) groups is 1. The summed E-state index contributed by atoms with van der Waals surface area (Å²) >= 11 is 0. The molecule has 0 aliphatic heterocycles. The lowest BCUT2D eigenvalue weighted by molar-refractivity contribution is -0.131. The molecule has 0 unspecified atom stereocenters. The van der Waals surface area contributed by atoms with Gasteiger partial charge in [-0.15, -0.1) is 0 Å². The topological polar surface area (TPSA) is 40.5 Å². The molecule has 0 spiro atoms. The Hall–Kier alpha value is -1.84. The molecule has 2 rings (SSSR count). The molecule has 0 saturated heterocycles. The maximum Gasteiger partial charge on any atom is 0.328 e. The van der Waals surface area contributed by atoms with Crippen LogP contribution in [0.15, 0.2) is 24.3 Å². The van der Waals surface area contributed by atoms with Crippen molar-refractivity contribution < 1.29 is 14.3 Å². The minimum Gasteiger partial charge on any atom is -0.478 e. The second-order valence-electron chi connectivity index (χ2n) is 5.49. The molecule has 0 aromatic heterocycles. The SMILES string of the molecule is CCN(c1cc(F)cc(/C=C/C(=O)O)c1)C1CCCCC1. The second kappa shape index (κ2) is 7.25. The van der Waals surface area contributed by atoms with Crippen molar-refractivity contribution in [3.63, 3.8) is 0 Å². The van der Waals surface area contributed by atoms with Crippen molar-refractivity contribution >= 4 is 17.7 Å². The molecule has 0 heterocycles. The molecule has 1 fully saturated rings. The van der Waals surface area contributed by atoms with E-state index in [9.17, 15) is 9.18 Å². The summed E-state index contributed by atoms with van der Waals surface area (Å²) in [6, 6.07) is 5.22. The molecule has 1 N–H and O–H groups in total. The van der Waals surface area contributed by atoms with E-state index in [2.05, 4.69) is 11.8 Å². The van der Waals surface area contributed by atoms with Crippen LogP contribution < -0.4 is 4.90 Å². The van der Waals surface area contributed by atoms with E-state index in [-0.39, 0.29) is 5.82 Å². The Morgan fingerprint density at radius 2 is 2.05 bits per heavy atom. The predicted octanol–water partition coefficient (Wildman–Crippen LogP) is 4.08. The van der Waals surface area contributed by atoms with Gasteiger partial charge in [-0.25, -0.2) is 9.18 Å². The highest BCUT2D eigenvalue weighted by Crippen LogP contribution is 2.28. The third kappa shape index (κ3) is 4.31. The highest BCUT2D eigenvalue weighted by molar-refractivity contribution is 5.85. The Labute approximate surface area is 125 Å². The monoisotopic (exact) mass is 291 g/mol. The van der Waals surface area contributed by atoms with Gasteiger partial charge in [-0.3, -0.25) is 0 Å². The molecule has 1 aliphatic rings. The van der Waals surface area contributed by atoms with E-state index in [4.69, 9.17) is 5.11 Å². The Morgan fingerprint density at radius 3 is 2.67 bits per heavy atom. The van der Waals surface area contributed by atoms with Crippen molar-refractivity contribution in [3.8, 4) is 0 Å². The molecule has 1 aliphatic carbocycles. The summed E-state index contributed by atoms with van der Waals surface area (Å²) in [7, 11) is 0. The molecule has 0 amide bonds. The van der Waals surface area contributed by atoms with Crippen LogP contribution in [-0.4, -0.2) is 23.7 Å². The number of carboxylic acid groups (broad SMARTS) is 1. The number of hydrogen-bond acceptors (Lipinski definition) is 2. The molecule has 0 bridgehead atoms. The van der Waals surface area contributed by atoms with E-state index in [0.717, 1.165) is 31.1 Å². The third-order valence-electron chi connectivity index (χ3n) is 4.01. The highest BCUT2D eigenvalue weighted by atomic mass is 19.1. The third-order valence-corrected chi connectivity index (χ3v) is 4.01. The summed E-state index contributed by atoms with van der Waals surface area (Å²) in [6.07, 6.45) is 8.49. The fourth-order valence-corrected chi connectivity index (χ4v) is 3.07. The van der Waals surface area contributed by atoms with Crippen LogP contribution in [0.5, 0.6) is 0 Å². The van der Waals surface area contributed by atoms with Gasteiger partial charge in [-0.05, 0) is 49.6 Å². The van der Waals surface area contributed by atoms with Crippen LogP contribution in [-0.2, 0) is 4.79 Å². The zero-order valence-corrected chi connectivity index (χ0v) is 12.4. The first-order valence-electron chi connectivity index (χ1n) is 7.58. The number of hydrogen-bond donors (Lipinski definition) is 1. The van der Waals surface area contributed by atoms with E-state index < -0.39 is 5.97 Å². The van der Waals surface area contributed by atoms with Gasteiger partial charge in [0.1, 0.15) is 5.82 Å². The molecule has 114 valence electrons. The average molecular weight is 291 g/mol. The summed E-state index contributed by atoms with van der Waals surface area (Å²) in [5.41, 5.74) is 1.43. The lowest BCUT2D eigenvalue weighted by atomic mass is 9.93. The lowest BCUT2D eigenvalue weighted by Crippen LogP contribution is -2.36. The fourth-order valence-electron chi connectivity index (χ4n) is 3.07. The minimum absolute atomic E-state index is 0.327. The molecule has 4 heteroatoms. The smallest absolute Gasteiger partial charge is 0.328 e. The van der Waals surface area contributed by atoms with Crippen molar-refractivity contribution in [1.29, 1.82) is 0 Å². The van der Waals surface area contributed by atoms with Crippen molar-refractivity contribution in [1.82, 2.24) is 0 Å². The number of benzene rings is 1. The van der Waals surface area contributed by atoms with Crippen molar-refractivity contribution in [2.45, 2.75) is 45.1 Å². The minimum atomic E-state index is -1.03. The van der Waals surface area contributed by atoms with Crippen LogP contribution >= 0.6 is 0 Å². The standard InChI is InChI=1S/C17H22FNO2/c1-2-19(15-6-4-3-5-7-15)16-11-13(8-9-17(20)21)10-14(18)12-16/h8-12,15H,2-7H2,1H3,(H,20,21)/b9-8+. The molecule has 0 radical (unpaired) electrons. The number of halogens is 1. The Balaban J connectivity index is 2.25. The van der Waals surface area contributed by atoms with E-state index in [0.29, 0.717) is 11.6 Å². The van der Waals surface area contributed by atoms with Crippen molar-refractivity contribution in [2.75, 3.05) is 11.4 Å². The van der Waals surface area contributed by atoms with Gasteiger partial charge in [-0.1, -0.05) is 19.3 Å². The van der Waals surface area contributed by atoms with Gasteiger partial charge in [-0.2, -0.15) is 0 Å². The molecular weight excluding hydrogens is 269 g/mol. The molecule has 0 atom stereocenters. The lowest BCUT2D eigenvalue weighted by Gasteiger charge is -2.35. The molecule has 3 nitrogen and oxygen atoms in total. The summed E-state index contributed by atoms with van der Waals surface area (Å²) < 4.78 is 13.8. The normalized spacial score (nSPS) is 16.3. The van der Waals surface area contributed by atoms with Gasteiger partial charge in [0.2, 0.25) is 0 Å². The van der Waals surface area contributed by atoms with Crippen LogP contribution in [0, 0.1) is 5.82 Å². The first kappa shape index (κ1) is 15.5. The maximum absolute atomic E-state index is 13.8. The number of aliphatic carboxylic acids is 1. The number of anilines is 1. The largest absolute Gasteiger partial charge is 0.478 e. The quantitative estimate of drug-likeness (QED) is 0.831. The molecular formula is C17H22FNO2. The Morgan fingerprint density at radius 1 is 1.33 bits per heavy atom. The number of carboxylic acids is 1. The van der Waals surface area contributed by atoms with Crippen LogP contribution in [0.1, 0.15) is 44.6 Å². The van der Waals surface area contributed by atoms with Gasteiger partial charge in [0.15, 0.2) is 0 Å². The summed E-state index contributed by atoms with van der Waals surface area (Å²) in [5, 5.41) is 8.68.